The van der Waals surface area contributed by atoms with Gasteiger partial charge in [-0.3, -0.25) is 0 Å². The van der Waals surface area contributed by atoms with E-state index in [9.17, 15) is 0 Å². The van der Waals surface area contributed by atoms with Crippen LogP contribution in [0.1, 0.15) is 5.69 Å². The van der Waals surface area contributed by atoms with Crippen LogP contribution >= 0.6 is 23.2 Å². The van der Waals surface area contributed by atoms with E-state index in [0.29, 0.717) is 21.7 Å². The second kappa shape index (κ2) is 7.07. The van der Waals surface area contributed by atoms with Crippen molar-refractivity contribution in [1.29, 1.82) is 0 Å². The fourth-order valence-electron chi connectivity index (χ4n) is 2.27. The highest BCUT2D eigenvalue weighted by Gasteiger charge is 2.10. The maximum atomic E-state index is 6.20. The van der Waals surface area contributed by atoms with Gasteiger partial charge < -0.3 is 10.2 Å². The van der Waals surface area contributed by atoms with E-state index < -0.39 is 0 Å². The van der Waals surface area contributed by atoms with Crippen LogP contribution in [0.5, 0.6) is 0 Å². The van der Waals surface area contributed by atoms with Crippen LogP contribution in [-0.4, -0.2) is 17.0 Å². The molecule has 122 valence electrons. The number of hydrogen-bond acceptors (Lipinski definition) is 4. The highest BCUT2D eigenvalue weighted by molar-refractivity contribution is 6.36. The van der Waals surface area contributed by atoms with E-state index >= 15 is 0 Å². The van der Waals surface area contributed by atoms with E-state index in [4.69, 9.17) is 23.2 Å². The molecule has 1 aromatic heterocycles. The molecule has 0 aliphatic rings. The summed E-state index contributed by atoms with van der Waals surface area (Å²) in [6.07, 6.45) is 0. The first-order valence-corrected chi connectivity index (χ1v) is 8.15. The first-order chi connectivity index (χ1) is 11.5. The number of anilines is 4. The predicted molar refractivity (Wildman–Crippen MR) is 101 cm³/mol. The lowest BCUT2D eigenvalue weighted by atomic mass is 10.3. The van der Waals surface area contributed by atoms with E-state index in [-0.39, 0.29) is 0 Å². The van der Waals surface area contributed by atoms with Crippen molar-refractivity contribution in [3.63, 3.8) is 0 Å². The molecule has 1 N–H and O–H groups in total. The number of para-hydroxylation sites is 1. The lowest BCUT2D eigenvalue weighted by Crippen LogP contribution is -2.13. The molecule has 0 unspecified atom stereocenters. The van der Waals surface area contributed by atoms with Crippen molar-refractivity contribution < 1.29 is 0 Å². The van der Waals surface area contributed by atoms with Crippen LogP contribution < -0.4 is 10.2 Å². The minimum atomic E-state index is 0.483. The minimum Gasteiger partial charge on any atom is -0.329 e. The van der Waals surface area contributed by atoms with Crippen molar-refractivity contribution >= 4 is 46.3 Å². The van der Waals surface area contributed by atoms with Gasteiger partial charge in [0.05, 0.1) is 10.7 Å². The summed E-state index contributed by atoms with van der Waals surface area (Å²) in [7, 11) is 1.97. The molecule has 0 atom stereocenters. The SMILES string of the molecule is Cc1cc(N(C)c2ccccc2)nc(Nc2ccc(Cl)cc2Cl)n1. The molecule has 0 amide bonds. The van der Waals surface area contributed by atoms with E-state index in [1.807, 2.05) is 55.3 Å². The van der Waals surface area contributed by atoms with Gasteiger partial charge in [-0.05, 0) is 37.3 Å². The summed E-state index contributed by atoms with van der Waals surface area (Å²) in [5, 5.41) is 4.25. The monoisotopic (exact) mass is 358 g/mol. The first kappa shape index (κ1) is 16.6. The molecular weight excluding hydrogens is 343 g/mol. The third-order valence-corrected chi connectivity index (χ3v) is 4.05. The van der Waals surface area contributed by atoms with Crippen LogP contribution in [0.4, 0.5) is 23.1 Å². The zero-order valence-corrected chi connectivity index (χ0v) is 14.8. The van der Waals surface area contributed by atoms with Gasteiger partial charge in [0.15, 0.2) is 0 Å². The Morgan fingerprint density at radius 1 is 0.958 bits per heavy atom. The summed E-state index contributed by atoms with van der Waals surface area (Å²) in [5.74, 6) is 1.28. The average molecular weight is 359 g/mol. The zero-order chi connectivity index (χ0) is 17.1. The van der Waals surface area contributed by atoms with Crippen LogP contribution in [0, 0.1) is 6.92 Å². The molecule has 0 fully saturated rings. The first-order valence-electron chi connectivity index (χ1n) is 7.39. The Kier molecular flexibility index (Phi) is 4.88. The lowest BCUT2D eigenvalue weighted by Gasteiger charge is -2.19. The van der Waals surface area contributed by atoms with Crippen molar-refractivity contribution in [1.82, 2.24) is 9.97 Å². The van der Waals surface area contributed by atoms with Crippen molar-refractivity contribution in [3.8, 4) is 0 Å². The van der Waals surface area contributed by atoms with E-state index in [1.54, 1.807) is 18.2 Å². The van der Waals surface area contributed by atoms with Crippen molar-refractivity contribution in [2.75, 3.05) is 17.3 Å². The summed E-state index contributed by atoms with van der Waals surface area (Å²) in [6, 6.07) is 17.2. The molecular formula is C18H16Cl2N4. The number of aryl methyl sites for hydroxylation is 1. The number of benzene rings is 2. The molecule has 0 radical (unpaired) electrons. The zero-order valence-electron chi connectivity index (χ0n) is 13.3. The van der Waals surface area contributed by atoms with Gasteiger partial charge in [-0.25, -0.2) is 4.98 Å². The van der Waals surface area contributed by atoms with E-state index in [1.165, 1.54) is 0 Å². The van der Waals surface area contributed by atoms with Crippen LogP contribution in [0.3, 0.4) is 0 Å². The molecule has 3 rings (SSSR count). The standard InChI is InChI=1S/C18H16Cl2N4/c1-12-10-17(24(2)14-6-4-3-5-7-14)23-18(21-12)22-16-9-8-13(19)11-15(16)20/h3-11H,1-2H3,(H,21,22,23). The van der Waals surface area contributed by atoms with Gasteiger partial charge >= 0.3 is 0 Å². The number of halogens is 2. The van der Waals surface area contributed by atoms with Gasteiger partial charge in [-0.2, -0.15) is 4.98 Å². The van der Waals surface area contributed by atoms with Crippen molar-refractivity contribution in [3.05, 3.63) is 70.3 Å². The van der Waals surface area contributed by atoms with Gasteiger partial charge in [0, 0.05) is 29.5 Å². The third kappa shape index (κ3) is 3.78. The van der Waals surface area contributed by atoms with Gasteiger partial charge in [-0.1, -0.05) is 41.4 Å². The minimum absolute atomic E-state index is 0.483. The molecule has 2 aromatic carbocycles. The van der Waals surface area contributed by atoms with Gasteiger partial charge in [0.2, 0.25) is 5.95 Å². The Morgan fingerprint density at radius 3 is 2.42 bits per heavy atom. The highest BCUT2D eigenvalue weighted by Crippen LogP contribution is 2.28. The largest absolute Gasteiger partial charge is 0.329 e. The Hall–Kier alpha value is -2.30. The predicted octanol–water partition coefficient (Wildman–Crippen LogP) is 5.60. The Balaban J connectivity index is 1.91. The molecule has 4 nitrogen and oxygen atoms in total. The maximum Gasteiger partial charge on any atom is 0.229 e. The van der Waals surface area contributed by atoms with Gasteiger partial charge in [-0.15, -0.1) is 0 Å². The number of aromatic nitrogens is 2. The normalized spacial score (nSPS) is 10.5. The summed E-state index contributed by atoms with van der Waals surface area (Å²) < 4.78 is 0. The summed E-state index contributed by atoms with van der Waals surface area (Å²) >= 11 is 12.1. The Labute approximate surface area is 151 Å². The van der Waals surface area contributed by atoms with E-state index in [0.717, 1.165) is 17.2 Å². The number of nitrogens with one attached hydrogen (secondary N) is 1. The summed E-state index contributed by atoms with van der Waals surface area (Å²) in [5.41, 5.74) is 2.61. The number of rotatable bonds is 4. The highest BCUT2D eigenvalue weighted by atomic mass is 35.5. The van der Waals surface area contributed by atoms with Crippen LogP contribution in [0.2, 0.25) is 10.0 Å². The van der Waals surface area contributed by atoms with Crippen LogP contribution in [-0.2, 0) is 0 Å². The molecule has 0 saturated carbocycles. The molecule has 6 heteroatoms. The third-order valence-electron chi connectivity index (χ3n) is 3.51. The molecule has 1 heterocycles. The maximum absolute atomic E-state index is 6.20. The fourth-order valence-corrected chi connectivity index (χ4v) is 2.73. The van der Waals surface area contributed by atoms with Gasteiger partial charge in [0.25, 0.3) is 0 Å². The lowest BCUT2D eigenvalue weighted by molar-refractivity contribution is 1.05. The van der Waals surface area contributed by atoms with E-state index in [2.05, 4.69) is 15.3 Å². The molecule has 0 bridgehead atoms. The Morgan fingerprint density at radius 2 is 1.71 bits per heavy atom. The number of hydrogen-bond donors (Lipinski definition) is 1. The molecule has 0 aliphatic carbocycles. The molecule has 0 spiro atoms. The van der Waals surface area contributed by atoms with Crippen LogP contribution in [0.25, 0.3) is 0 Å². The topological polar surface area (TPSA) is 41.1 Å². The Bertz CT molecular complexity index is 853. The molecule has 3 aromatic rings. The van der Waals surface area contributed by atoms with Gasteiger partial charge in [0.1, 0.15) is 5.82 Å². The number of nitrogens with zero attached hydrogens (tertiary/aromatic N) is 3. The molecule has 0 aliphatic heterocycles. The average Bonchev–Trinajstić information content (AvgIpc) is 2.57. The molecule has 0 saturated heterocycles. The second-order valence-corrected chi connectivity index (χ2v) is 6.18. The fraction of sp³-hybridized carbons (Fsp3) is 0.111. The van der Waals surface area contributed by atoms with Crippen molar-refractivity contribution in [2.45, 2.75) is 6.92 Å². The molecule has 24 heavy (non-hydrogen) atoms. The second-order valence-electron chi connectivity index (χ2n) is 5.33. The smallest absolute Gasteiger partial charge is 0.229 e. The summed E-state index contributed by atoms with van der Waals surface area (Å²) in [6.45, 7) is 1.93. The van der Waals surface area contributed by atoms with Crippen LogP contribution in [0.15, 0.2) is 54.6 Å². The van der Waals surface area contributed by atoms with Crippen molar-refractivity contribution in [2.24, 2.45) is 0 Å². The quantitative estimate of drug-likeness (QED) is 0.658. The summed E-state index contributed by atoms with van der Waals surface area (Å²) in [4.78, 5) is 11.0.